The van der Waals surface area contributed by atoms with Crippen molar-refractivity contribution < 1.29 is 14.3 Å². The summed E-state index contributed by atoms with van der Waals surface area (Å²) in [5.41, 5.74) is 2.75. The zero-order valence-electron chi connectivity index (χ0n) is 15.1. The minimum Gasteiger partial charge on any atom is -0.480 e. The molecule has 9 nitrogen and oxygen atoms in total. The van der Waals surface area contributed by atoms with Crippen LogP contribution in [0.15, 0.2) is 41.1 Å². The molecule has 142 valence electrons. The van der Waals surface area contributed by atoms with Gasteiger partial charge in [-0.05, 0) is 19.1 Å². The Kier molecular flexibility index (Phi) is 3.68. The number of rotatable bonds is 4. The monoisotopic (exact) mass is 378 g/mol. The zero-order chi connectivity index (χ0) is 19.3. The smallest absolute Gasteiger partial charge is 0.326 e. The highest BCUT2D eigenvalue weighted by Crippen LogP contribution is 2.36. The molecule has 5 rings (SSSR count). The van der Waals surface area contributed by atoms with Gasteiger partial charge in [-0.15, -0.1) is 0 Å². The second kappa shape index (κ2) is 6.22. The highest BCUT2D eigenvalue weighted by atomic mass is 16.4. The number of aromatic nitrogens is 4. The number of anilines is 2. The molecule has 0 aliphatic carbocycles. The van der Waals surface area contributed by atoms with Gasteiger partial charge in [0.2, 0.25) is 0 Å². The van der Waals surface area contributed by atoms with E-state index in [1.165, 1.54) is 0 Å². The van der Waals surface area contributed by atoms with Gasteiger partial charge < -0.3 is 19.7 Å². The van der Waals surface area contributed by atoms with Crippen LogP contribution < -0.4 is 10.2 Å². The number of hydrogen-bond acceptors (Lipinski definition) is 7. The van der Waals surface area contributed by atoms with Crippen LogP contribution in [-0.4, -0.2) is 49.9 Å². The number of aryl methyl sites for hydroxylation is 1. The first kappa shape index (κ1) is 16.5. The van der Waals surface area contributed by atoms with Crippen molar-refractivity contribution in [1.82, 2.24) is 20.2 Å². The van der Waals surface area contributed by atoms with E-state index in [0.29, 0.717) is 41.3 Å². The number of furan rings is 1. The Hall–Kier alpha value is -3.62. The summed E-state index contributed by atoms with van der Waals surface area (Å²) in [6.45, 7) is 2.28. The Bertz CT molecular complexity index is 1170. The fraction of sp³-hybridized carbons (Fsp3) is 0.263. The molecule has 0 spiro atoms. The third-order valence-electron chi connectivity index (χ3n) is 5.04. The molecule has 0 radical (unpaired) electrons. The predicted octanol–water partition coefficient (Wildman–Crippen LogP) is 2.55. The molecule has 9 heteroatoms. The number of nitrogens with zero attached hydrogens (tertiary/aromatic N) is 4. The minimum atomic E-state index is -0.892. The summed E-state index contributed by atoms with van der Waals surface area (Å²) < 4.78 is 6.03. The fourth-order valence-corrected chi connectivity index (χ4v) is 3.85. The van der Waals surface area contributed by atoms with Crippen LogP contribution in [0.3, 0.4) is 0 Å². The number of nitrogens with one attached hydrogen (secondary N) is 2. The van der Waals surface area contributed by atoms with Crippen LogP contribution >= 0.6 is 0 Å². The number of hydrogen-bond donors (Lipinski definition) is 3. The fourth-order valence-electron chi connectivity index (χ4n) is 3.85. The van der Waals surface area contributed by atoms with Gasteiger partial charge in [-0.25, -0.2) is 14.8 Å². The summed E-state index contributed by atoms with van der Waals surface area (Å²) in [4.78, 5) is 22.8. The number of aromatic amines is 1. The topological polar surface area (TPSA) is 120 Å². The van der Waals surface area contributed by atoms with E-state index in [9.17, 15) is 9.90 Å². The lowest BCUT2D eigenvalue weighted by atomic mass is 10.1. The maximum atomic E-state index is 12.0. The number of para-hydroxylation sites is 1. The van der Waals surface area contributed by atoms with Crippen molar-refractivity contribution in [2.45, 2.75) is 25.4 Å². The number of carbonyl (C=O) groups is 1. The van der Waals surface area contributed by atoms with Crippen molar-refractivity contribution in [3.8, 4) is 0 Å². The number of carboxylic acid groups (broad SMARTS) is 1. The number of carboxylic acids is 1. The normalized spacial score (nSPS) is 19.5. The van der Waals surface area contributed by atoms with E-state index in [2.05, 4.69) is 25.5 Å². The Morgan fingerprint density at radius 2 is 2.21 bits per heavy atom. The molecule has 1 aromatic carbocycles. The van der Waals surface area contributed by atoms with E-state index >= 15 is 0 Å². The Morgan fingerprint density at radius 3 is 3.00 bits per heavy atom. The minimum absolute atomic E-state index is 0.0617. The van der Waals surface area contributed by atoms with E-state index in [0.717, 1.165) is 11.1 Å². The summed E-state index contributed by atoms with van der Waals surface area (Å²) in [6.07, 6.45) is 3.85. The molecule has 3 N–H and O–H groups in total. The SMILES string of the molecule is Cc1nc(N2CC(Nc3cn[nH]c3)CC2C(=O)O)c2oc3ccccc3c2n1. The van der Waals surface area contributed by atoms with Crippen LogP contribution in [0, 0.1) is 6.92 Å². The van der Waals surface area contributed by atoms with Crippen molar-refractivity contribution in [2.75, 3.05) is 16.8 Å². The molecule has 1 saturated heterocycles. The van der Waals surface area contributed by atoms with Gasteiger partial charge in [0.25, 0.3) is 0 Å². The first-order chi connectivity index (χ1) is 13.6. The molecule has 3 aromatic heterocycles. The molecule has 1 aliphatic rings. The molecule has 2 unspecified atom stereocenters. The molecular weight excluding hydrogens is 360 g/mol. The van der Waals surface area contributed by atoms with Gasteiger partial charge in [-0.1, -0.05) is 12.1 Å². The van der Waals surface area contributed by atoms with Gasteiger partial charge in [-0.3, -0.25) is 5.10 Å². The van der Waals surface area contributed by atoms with Crippen LogP contribution in [0.1, 0.15) is 12.2 Å². The van der Waals surface area contributed by atoms with Gasteiger partial charge in [0.05, 0.1) is 11.9 Å². The van der Waals surface area contributed by atoms with Crippen LogP contribution in [0.25, 0.3) is 22.1 Å². The molecule has 4 heterocycles. The van der Waals surface area contributed by atoms with Gasteiger partial charge in [0, 0.05) is 30.6 Å². The van der Waals surface area contributed by atoms with E-state index in [1.54, 1.807) is 24.2 Å². The molecule has 1 fully saturated rings. The van der Waals surface area contributed by atoms with Crippen LogP contribution in [0.5, 0.6) is 0 Å². The standard InChI is InChI=1S/C19H18N6O3/c1-10-22-16-13-4-2-3-5-15(13)28-17(16)18(23-10)25-9-11(6-14(25)19(26)27)24-12-7-20-21-8-12/h2-5,7-8,11,14,24H,6,9H2,1H3,(H,20,21)(H,26,27). The van der Waals surface area contributed by atoms with Gasteiger partial charge in [-0.2, -0.15) is 5.10 Å². The lowest BCUT2D eigenvalue weighted by Crippen LogP contribution is -2.37. The lowest BCUT2D eigenvalue weighted by Gasteiger charge is -2.22. The predicted molar refractivity (Wildman–Crippen MR) is 103 cm³/mol. The summed E-state index contributed by atoms with van der Waals surface area (Å²) in [7, 11) is 0. The van der Waals surface area contributed by atoms with Crippen LogP contribution in [-0.2, 0) is 4.79 Å². The average Bonchev–Trinajstić information content (AvgIpc) is 3.40. The highest BCUT2D eigenvalue weighted by molar-refractivity contribution is 6.06. The van der Waals surface area contributed by atoms with Gasteiger partial charge in [0.1, 0.15) is 23.0 Å². The van der Waals surface area contributed by atoms with E-state index < -0.39 is 12.0 Å². The zero-order valence-corrected chi connectivity index (χ0v) is 15.1. The Morgan fingerprint density at radius 1 is 1.36 bits per heavy atom. The van der Waals surface area contributed by atoms with Crippen LogP contribution in [0.4, 0.5) is 11.5 Å². The summed E-state index contributed by atoms with van der Waals surface area (Å²) in [6, 6.07) is 6.86. The van der Waals surface area contributed by atoms with Crippen molar-refractivity contribution in [1.29, 1.82) is 0 Å². The number of benzene rings is 1. The molecule has 0 amide bonds. The third kappa shape index (κ3) is 2.63. The van der Waals surface area contributed by atoms with E-state index in [4.69, 9.17) is 4.42 Å². The maximum absolute atomic E-state index is 12.0. The van der Waals surface area contributed by atoms with Crippen molar-refractivity contribution >= 4 is 39.5 Å². The Balaban J connectivity index is 1.60. The van der Waals surface area contributed by atoms with E-state index in [-0.39, 0.29) is 6.04 Å². The lowest BCUT2D eigenvalue weighted by molar-refractivity contribution is -0.138. The molecule has 2 atom stereocenters. The average molecular weight is 378 g/mol. The number of fused-ring (bicyclic) bond motifs is 3. The molecule has 1 aliphatic heterocycles. The molecule has 28 heavy (non-hydrogen) atoms. The van der Waals surface area contributed by atoms with Crippen LogP contribution in [0.2, 0.25) is 0 Å². The first-order valence-electron chi connectivity index (χ1n) is 9.01. The Labute approximate surface area is 159 Å². The molecule has 0 bridgehead atoms. The third-order valence-corrected chi connectivity index (χ3v) is 5.04. The first-order valence-corrected chi connectivity index (χ1v) is 9.01. The second-order valence-corrected chi connectivity index (χ2v) is 6.94. The molecular formula is C19H18N6O3. The molecule has 4 aromatic rings. The number of H-pyrrole nitrogens is 1. The highest BCUT2D eigenvalue weighted by Gasteiger charge is 2.39. The number of aliphatic carboxylic acids is 1. The van der Waals surface area contributed by atoms with Crippen molar-refractivity contribution in [3.63, 3.8) is 0 Å². The van der Waals surface area contributed by atoms with E-state index in [1.807, 2.05) is 24.3 Å². The quantitative estimate of drug-likeness (QED) is 0.495. The van der Waals surface area contributed by atoms with Gasteiger partial charge in [0.15, 0.2) is 11.4 Å². The van der Waals surface area contributed by atoms with Crippen molar-refractivity contribution in [3.05, 3.63) is 42.5 Å². The maximum Gasteiger partial charge on any atom is 0.326 e. The molecule has 0 saturated carbocycles. The second-order valence-electron chi connectivity index (χ2n) is 6.94. The van der Waals surface area contributed by atoms with Crippen molar-refractivity contribution in [2.24, 2.45) is 0 Å². The summed E-state index contributed by atoms with van der Waals surface area (Å²) >= 11 is 0. The summed E-state index contributed by atoms with van der Waals surface area (Å²) in [5.74, 6) is 0.198. The summed E-state index contributed by atoms with van der Waals surface area (Å²) in [5, 5.41) is 20.7. The largest absolute Gasteiger partial charge is 0.480 e. The van der Waals surface area contributed by atoms with Gasteiger partial charge >= 0.3 is 5.97 Å².